The van der Waals surface area contributed by atoms with Crippen molar-refractivity contribution >= 4 is 51.9 Å². The Kier molecular flexibility index (Phi) is 6.37. The van der Waals surface area contributed by atoms with Gasteiger partial charge in [-0.05, 0) is 72.8 Å². The molecule has 2 amide bonds. The van der Waals surface area contributed by atoms with E-state index in [9.17, 15) is 14.4 Å². The third kappa shape index (κ3) is 4.85. The predicted octanol–water partition coefficient (Wildman–Crippen LogP) is 4.65. The predicted molar refractivity (Wildman–Crippen MR) is 130 cm³/mol. The fourth-order valence-electron chi connectivity index (χ4n) is 3.56. The molecule has 2 heterocycles. The highest BCUT2D eigenvalue weighted by molar-refractivity contribution is 7.12. The largest absolute Gasteiger partial charge is 0.465 e. The van der Waals surface area contributed by atoms with E-state index in [1.807, 2.05) is 43.5 Å². The zero-order chi connectivity index (χ0) is 23.5. The van der Waals surface area contributed by atoms with Crippen molar-refractivity contribution in [1.82, 2.24) is 0 Å². The fourth-order valence-corrected chi connectivity index (χ4v) is 4.27. The summed E-state index contributed by atoms with van der Waals surface area (Å²) in [4.78, 5) is 44.9. The third-order valence-electron chi connectivity index (χ3n) is 5.45. The van der Waals surface area contributed by atoms with E-state index in [1.54, 1.807) is 24.3 Å². The molecule has 33 heavy (non-hydrogen) atoms. The molecule has 0 saturated carbocycles. The molecule has 0 bridgehead atoms. The summed E-state index contributed by atoms with van der Waals surface area (Å²) in [5.74, 6) is -0.995. The molecular formula is C25H23N3O4S. The van der Waals surface area contributed by atoms with Gasteiger partial charge in [0.1, 0.15) is 6.54 Å². The Labute approximate surface area is 195 Å². The number of anilines is 2. The molecule has 1 aliphatic rings. The minimum absolute atomic E-state index is 0.106. The lowest BCUT2D eigenvalue weighted by Gasteiger charge is -2.23. The second-order valence-corrected chi connectivity index (χ2v) is 8.68. The van der Waals surface area contributed by atoms with Crippen LogP contribution in [0.15, 0.2) is 58.9 Å². The van der Waals surface area contributed by atoms with Crippen molar-refractivity contribution in [2.45, 2.75) is 20.3 Å². The first-order valence-corrected chi connectivity index (χ1v) is 11.2. The topological polar surface area (TPSA) is 88.1 Å². The smallest absolute Gasteiger partial charge is 0.337 e. The standard InChI is InChI=1S/C25H23N3O4S/c1-15-11-19-21(12-16(15)2)28(24(30)13-20(27-19)22-5-4-10-33-22)14-23(29)26-18-8-6-17(7-9-18)25(31)32-3/h4-12H,13-14H2,1-3H3,(H,26,29). The van der Waals surface area contributed by atoms with Crippen LogP contribution in [0.2, 0.25) is 0 Å². The summed E-state index contributed by atoms with van der Waals surface area (Å²) in [7, 11) is 1.31. The maximum absolute atomic E-state index is 13.2. The Bertz CT molecular complexity index is 1250. The van der Waals surface area contributed by atoms with Gasteiger partial charge in [-0.25, -0.2) is 9.79 Å². The molecule has 0 fully saturated rings. The van der Waals surface area contributed by atoms with Gasteiger partial charge in [-0.2, -0.15) is 0 Å². The number of fused-ring (bicyclic) bond motifs is 1. The molecule has 2 aromatic carbocycles. The summed E-state index contributed by atoms with van der Waals surface area (Å²) < 4.78 is 4.69. The van der Waals surface area contributed by atoms with Gasteiger partial charge in [-0.3, -0.25) is 9.59 Å². The Morgan fingerprint density at radius 2 is 1.85 bits per heavy atom. The van der Waals surface area contributed by atoms with Crippen LogP contribution in [0, 0.1) is 13.8 Å². The van der Waals surface area contributed by atoms with E-state index < -0.39 is 5.97 Å². The zero-order valence-electron chi connectivity index (χ0n) is 18.5. The molecule has 4 rings (SSSR count). The number of aryl methyl sites for hydroxylation is 2. The molecule has 1 aliphatic heterocycles. The van der Waals surface area contributed by atoms with Crippen LogP contribution in [-0.4, -0.2) is 37.1 Å². The van der Waals surface area contributed by atoms with Crippen molar-refractivity contribution in [2.75, 3.05) is 23.9 Å². The lowest BCUT2D eigenvalue weighted by molar-refractivity contribution is -0.120. The SMILES string of the molecule is COC(=O)c1ccc(NC(=O)CN2C(=O)CC(c3cccs3)=Nc3cc(C)c(C)cc32)cc1. The van der Waals surface area contributed by atoms with Crippen molar-refractivity contribution in [3.8, 4) is 0 Å². The quantitative estimate of drug-likeness (QED) is 0.561. The Hall–Kier alpha value is -3.78. The summed E-state index contributed by atoms with van der Waals surface area (Å²) >= 11 is 1.53. The Morgan fingerprint density at radius 3 is 2.52 bits per heavy atom. The zero-order valence-corrected chi connectivity index (χ0v) is 19.4. The van der Waals surface area contributed by atoms with Gasteiger partial charge in [-0.1, -0.05) is 6.07 Å². The van der Waals surface area contributed by atoms with E-state index in [1.165, 1.54) is 23.3 Å². The maximum atomic E-state index is 13.2. The van der Waals surface area contributed by atoms with E-state index in [4.69, 9.17) is 4.99 Å². The van der Waals surface area contributed by atoms with Crippen molar-refractivity contribution in [2.24, 2.45) is 4.99 Å². The fraction of sp³-hybridized carbons (Fsp3) is 0.200. The molecule has 0 unspecified atom stereocenters. The summed E-state index contributed by atoms with van der Waals surface area (Å²) in [6.45, 7) is 3.81. The van der Waals surface area contributed by atoms with E-state index in [2.05, 4.69) is 10.1 Å². The molecule has 0 radical (unpaired) electrons. The number of hydrogen-bond acceptors (Lipinski definition) is 6. The molecule has 3 aromatic rings. The van der Waals surface area contributed by atoms with Crippen molar-refractivity contribution in [3.63, 3.8) is 0 Å². The number of thiophene rings is 1. The van der Waals surface area contributed by atoms with Gasteiger partial charge in [0.05, 0.1) is 36.2 Å². The summed E-state index contributed by atoms with van der Waals surface area (Å²) in [5, 5.41) is 4.74. The van der Waals surface area contributed by atoms with E-state index in [0.717, 1.165) is 16.0 Å². The number of nitrogens with zero attached hydrogens (tertiary/aromatic N) is 2. The number of esters is 1. The molecule has 0 spiro atoms. The molecule has 1 aromatic heterocycles. The lowest BCUT2D eigenvalue weighted by Crippen LogP contribution is -2.38. The minimum atomic E-state index is -0.452. The first-order chi connectivity index (χ1) is 15.9. The maximum Gasteiger partial charge on any atom is 0.337 e. The van der Waals surface area contributed by atoms with Gasteiger partial charge < -0.3 is 15.0 Å². The van der Waals surface area contributed by atoms with Crippen molar-refractivity contribution in [3.05, 3.63) is 75.5 Å². The lowest BCUT2D eigenvalue weighted by atomic mass is 10.1. The van der Waals surface area contributed by atoms with Gasteiger partial charge in [-0.15, -0.1) is 11.3 Å². The molecular weight excluding hydrogens is 438 g/mol. The van der Waals surface area contributed by atoms with Crippen LogP contribution in [0.25, 0.3) is 0 Å². The number of amides is 2. The van der Waals surface area contributed by atoms with E-state index >= 15 is 0 Å². The number of nitrogens with one attached hydrogen (secondary N) is 1. The summed E-state index contributed by atoms with van der Waals surface area (Å²) in [6, 6.07) is 14.1. The van der Waals surface area contributed by atoms with Gasteiger partial charge in [0, 0.05) is 10.6 Å². The van der Waals surface area contributed by atoms with Crippen LogP contribution in [0.4, 0.5) is 17.1 Å². The van der Waals surface area contributed by atoms with Crippen molar-refractivity contribution < 1.29 is 19.1 Å². The molecule has 168 valence electrons. The van der Waals surface area contributed by atoms with Crippen LogP contribution in [0.1, 0.15) is 32.8 Å². The summed E-state index contributed by atoms with van der Waals surface area (Å²) in [5.41, 5.74) is 4.96. The Balaban J connectivity index is 1.59. The average molecular weight is 462 g/mol. The number of methoxy groups -OCH3 is 1. The number of benzene rings is 2. The second-order valence-electron chi connectivity index (χ2n) is 7.73. The number of carbonyl (C=O) groups excluding carboxylic acids is 3. The molecule has 0 atom stereocenters. The normalized spacial score (nSPS) is 13.1. The first kappa shape index (κ1) is 22.4. The molecule has 7 nitrogen and oxygen atoms in total. The van der Waals surface area contributed by atoms with Gasteiger partial charge in [0.2, 0.25) is 11.8 Å². The number of hydrogen-bond donors (Lipinski definition) is 1. The number of carbonyl (C=O) groups is 3. The monoisotopic (exact) mass is 461 g/mol. The average Bonchev–Trinajstić information content (AvgIpc) is 3.30. The van der Waals surface area contributed by atoms with Gasteiger partial charge >= 0.3 is 5.97 Å². The highest BCUT2D eigenvalue weighted by Gasteiger charge is 2.27. The Morgan fingerprint density at radius 1 is 1.12 bits per heavy atom. The molecule has 0 aliphatic carbocycles. The number of ether oxygens (including phenoxy) is 1. The first-order valence-electron chi connectivity index (χ1n) is 10.4. The molecule has 8 heteroatoms. The molecule has 0 saturated heterocycles. The number of rotatable bonds is 5. The van der Waals surface area contributed by atoms with E-state index in [-0.39, 0.29) is 24.8 Å². The van der Waals surface area contributed by atoms with Gasteiger partial charge in [0.25, 0.3) is 0 Å². The van der Waals surface area contributed by atoms with Crippen LogP contribution in [-0.2, 0) is 14.3 Å². The molecule has 1 N–H and O–H groups in total. The van der Waals surface area contributed by atoms with Crippen LogP contribution in [0.3, 0.4) is 0 Å². The summed E-state index contributed by atoms with van der Waals surface area (Å²) in [6.07, 6.45) is 0.106. The van der Waals surface area contributed by atoms with Crippen molar-refractivity contribution in [1.29, 1.82) is 0 Å². The second kappa shape index (κ2) is 9.38. The number of aliphatic imine (C=N–C) groups is 1. The van der Waals surface area contributed by atoms with E-state index in [0.29, 0.717) is 28.3 Å². The van der Waals surface area contributed by atoms with Crippen LogP contribution < -0.4 is 10.2 Å². The van der Waals surface area contributed by atoms with Crippen LogP contribution in [0.5, 0.6) is 0 Å². The van der Waals surface area contributed by atoms with Crippen LogP contribution >= 0.6 is 11.3 Å². The third-order valence-corrected chi connectivity index (χ3v) is 6.37. The minimum Gasteiger partial charge on any atom is -0.465 e. The van der Waals surface area contributed by atoms with Gasteiger partial charge in [0.15, 0.2) is 0 Å². The highest BCUT2D eigenvalue weighted by atomic mass is 32.1. The highest BCUT2D eigenvalue weighted by Crippen LogP contribution is 2.36.